The first kappa shape index (κ1) is 10.5. The van der Waals surface area contributed by atoms with Gasteiger partial charge in [-0.25, -0.2) is 0 Å². The number of aromatic nitrogens is 3. The number of carbonyl (C=O) groups excluding carboxylic acids is 1. The number of pyridine rings is 1. The molecule has 0 bridgehead atoms. The van der Waals surface area contributed by atoms with E-state index in [0.717, 1.165) is 5.01 Å². The van der Waals surface area contributed by atoms with E-state index in [4.69, 9.17) is 0 Å². The van der Waals surface area contributed by atoms with Crippen LogP contribution in [0.3, 0.4) is 0 Å². The molecule has 0 aromatic carbocycles. The van der Waals surface area contributed by atoms with Crippen LogP contribution in [0, 0.1) is 6.92 Å². The van der Waals surface area contributed by atoms with Crippen LogP contribution in [0.4, 0.5) is 5.13 Å². The van der Waals surface area contributed by atoms with Crippen molar-refractivity contribution in [2.24, 2.45) is 0 Å². The highest BCUT2D eigenvalue weighted by Crippen LogP contribution is 2.13. The minimum atomic E-state index is -0.488. The van der Waals surface area contributed by atoms with Gasteiger partial charge in [0.15, 0.2) is 0 Å². The smallest absolute Gasteiger partial charge is 0.263 e. The van der Waals surface area contributed by atoms with E-state index in [1.165, 1.54) is 23.6 Å². The Labute approximate surface area is 94.4 Å². The Bertz CT molecular complexity index is 575. The zero-order valence-corrected chi connectivity index (χ0v) is 9.17. The van der Waals surface area contributed by atoms with E-state index >= 15 is 0 Å². The second-order valence-electron chi connectivity index (χ2n) is 2.99. The third-order valence-corrected chi connectivity index (χ3v) is 2.56. The Morgan fingerprint density at radius 3 is 2.94 bits per heavy atom. The summed E-state index contributed by atoms with van der Waals surface area (Å²) in [6.07, 6.45) is 1.47. The molecule has 2 aromatic rings. The lowest BCUT2D eigenvalue weighted by Gasteiger charge is -1.98. The van der Waals surface area contributed by atoms with Gasteiger partial charge in [0.1, 0.15) is 10.6 Å². The van der Waals surface area contributed by atoms with Gasteiger partial charge in [-0.05, 0) is 19.1 Å². The predicted molar refractivity (Wildman–Crippen MR) is 59.7 cm³/mol. The molecule has 2 N–H and O–H groups in total. The van der Waals surface area contributed by atoms with E-state index in [-0.39, 0.29) is 5.56 Å². The van der Waals surface area contributed by atoms with Crippen LogP contribution in [0.25, 0.3) is 0 Å². The fourth-order valence-corrected chi connectivity index (χ4v) is 1.70. The maximum absolute atomic E-state index is 11.7. The first-order chi connectivity index (χ1) is 7.66. The second kappa shape index (κ2) is 4.23. The lowest BCUT2D eigenvalue weighted by molar-refractivity contribution is 0.102. The predicted octanol–water partition coefficient (Wildman–Crippen LogP) is 0.787. The monoisotopic (exact) mass is 236 g/mol. The third-order valence-electron chi connectivity index (χ3n) is 1.81. The van der Waals surface area contributed by atoms with Gasteiger partial charge in [-0.1, -0.05) is 11.3 Å². The molecule has 0 saturated heterocycles. The molecular weight excluding hydrogens is 228 g/mol. The highest BCUT2D eigenvalue weighted by Gasteiger charge is 2.11. The van der Waals surface area contributed by atoms with Crippen LogP contribution in [0.5, 0.6) is 0 Å². The number of aryl methyl sites for hydroxylation is 1. The van der Waals surface area contributed by atoms with Crippen LogP contribution < -0.4 is 10.9 Å². The zero-order valence-electron chi connectivity index (χ0n) is 8.35. The van der Waals surface area contributed by atoms with Crippen LogP contribution in [0.2, 0.25) is 0 Å². The minimum absolute atomic E-state index is 0.0513. The summed E-state index contributed by atoms with van der Waals surface area (Å²) in [6, 6.07) is 3.03. The lowest BCUT2D eigenvalue weighted by Crippen LogP contribution is -2.22. The third kappa shape index (κ3) is 2.14. The molecule has 2 rings (SSSR count). The molecule has 16 heavy (non-hydrogen) atoms. The standard InChI is InChI=1S/C9H8N4O2S/c1-5-12-13-9(16-5)11-8(15)6-3-2-4-10-7(6)14/h2-4H,1H3,(H,10,14)(H,11,13,15). The van der Waals surface area contributed by atoms with Crippen molar-refractivity contribution in [1.82, 2.24) is 15.2 Å². The number of aromatic amines is 1. The Morgan fingerprint density at radius 1 is 1.50 bits per heavy atom. The molecular formula is C9H8N4O2S. The van der Waals surface area contributed by atoms with E-state index < -0.39 is 11.5 Å². The van der Waals surface area contributed by atoms with Crippen molar-refractivity contribution in [3.8, 4) is 0 Å². The topological polar surface area (TPSA) is 87.7 Å². The van der Waals surface area contributed by atoms with Crippen LogP contribution in [-0.4, -0.2) is 21.1 Å². The Morgan fingerprint density at radius 2 is 2.31 bits per heavy atom. The van der Waals surface area contributed by atoms with E-state index in [1.807, 2.05) is 0 Å². The minimum Gasteiger partial charge on any atom is -0.328 e. The van der Waals surface area contributed by atoms with Crippen LogP contribution in [-0.2, 0) is 0 Å². The van der Waals surface area contributed by atoms with Gasteiger partial charge in [-0.2, -0.15) is 0 Å². The van der Waals surface area contributed by atoms with Gasteiger partial charge in [0.25, 0.3) is 11.5 Å². The fourth-order valence-electron chi connectivity index (χ4n) is 1.11. The molecule has 0 saturated carbocycles. The number of amides is 1. The molecule has 6 nitrogen and oxygen atoms in total. The molecule has 2 heterocycles. The van der Waals surface area contributed by atoms with E-state index in [2.05, 4.69) is 20.5 Å². The first-order valence-corrected chi connectivity index (χ1v) is 5.27. The van der Waals surface area contributed by atoms with Crippen molar-refractivity contribution in [3.05, 3.63) is 39.3 Å². The Hall–Kier alpha value is -2.02. The van der Waals surface area contributed by atoms with Crippen molar-refractivity contribution in [2.45, 2.75) is 6.92 Å². The summed E-state index contributed by atoms with van der Waals surface area (Å²) in [5, 5.41) is 11.1. The normalized spacial score (nSPS) is 10.1. The van der Waals surface area contributed by atoms with Crippen molar-refractivity contribution >= 4 is 22.4 Å². The molecule has 0 unspecified atom stereocenters. The number of hydrogen-bond donors (Lipinski definition) is 2. The number of carbonyl (C=O) groups is 1. The molecule has 0 atom stereocenters. The average molecular weight is 236 g/mol. The highest BCUT2D eigenvalue weighted by molar-refractivity contribution is 7.15. The first-order valence-electron chi connectivity index (χ1n) is 4.46. The number of anilines is 1. The summed E-state index contributed by atoms with van der Waals surface area (Å²) >= 11 is 1.25. The average Bonchev–Trinajstić information content (AvgIpc) is 2.64. The van der Waals surface area contributed by atoms with Gasteiger partial charge in [-0.3, -0.25) is 14.9 Å². The lowest BCUT2D eigenvalue weighted by atomic mass is 10.3. The number of nitrogens with zero attached hydrogens (tertiary/aromatic N) is 2. The van der Waals surface area contributed by atoms with Crippen molar-refractivity contribution in [2.75, 3.05) is 5.32 Å². The Kier molecular flexibility index (Phi) is 2.78. The van der Waals surface area contributed by atoms with Crippen molar-refractivity contribution < 1.29 is 4.79 Å². The maximum Gasteiger partial charge on any atom is 0.263 e. The van der Waals surface area contributed by atoms with Gasteiger partial charge in [-0.15, -0.1) is 10.2 Å². The van der Waals surface area contributed by atoms with Crippen LogP contribution >= 0.6 is 11.3 Å². The SMILES string of the molecule is Cc1nnc(NC(=O)c2ccc[nH]c2=O)s1. The van der Waals surface area contributed by atoms with Gasteiger partial charge >= 0.3 is 0 Å². The zero-order chi connectivity index (χ0) is 11.5. The Balaban J connectivity index is 2.21. The summed E-state index contributed by atoms with van der Waals surface area (Å²) in [4.78, 5) is 25.4. The molecule has 0 radical (unpaired) electrons. The van der Waals surface area contributed by atoms with Gasteiger partial charge in [0.2, 0.25) is 5.13 Å². The molecule has 0 spiro atoms. The fraction of sp³-hybridized carbons (Fsp3) is 0.111. The largest absolute Gasteiger partial charge is 0.328 e. The number of rotatable bonds is 2. The van der Waals surface area contributed by atoms with Crippen molar-refractivity contribution in [3.63, 3.8) is 0 Å². The number of H-pyrrole nitrogens is 1. The van der Waals surface area contributed by atoms with E-state index in [0.29, 0.717) is 5.13 Å². The summed E-state index contributed by atoms with van der Waals surface area (Å²) < 4.78 is 0. The maximum atomic E-state index is 11.7. The summed E-state index contributed by atoms with van der Waals surface area (Å²) in [7, 11) is 0. The van der Waals surface area contributed by atoms with Gasteiger partial charge in [0, 0.05) is 6.20 Å². The molecule has 0 aliphatic carbocycles. The summed E-state index contributed by atoms with van der Waals surface area (Å²) in [6.45, 7) is 1.78. The van der Waals surface area contributed by atoms with E-state index in [1.54, 1.807) is 13.0 Å². The number of hydrogen-bond acceptors (Lipinski definition) is 5. The van der Waals surface area contributed by atoms with Gasteiger partial charge < -0.3 is 4.98 Å². The van der Waals surface area contributed by atoms with Gasteiger partial charge in [0.05, 0.1) is 0 Å². The molecule has 82 valence electrons. The molecule has 2 aromatic heterocycles. The van der Waals surface area contributed by atoms with Crippen molar-refractivity contribution in [1.29, 1.82) is 0 Å². The molecule has 1 amide bonds. The molecule has 0 fully saturated rings. The highest BCUT2D eigenvalue weighted by atomic mass is 32.1. The summed E-state index contributed by atoms with van der Waals surface area (Å²) in [5.74, 6) is -0.488. The molecule has 7 heteroatoms. The van der Waals surface area contributed by atoms with Crippen LogP contribution in [0.1, 0.15) is 15.4 Å². The molecule has 0 aliphatic rings. The quantitative estimate of drug-likeness (QED) is 0.806. The van der Waals surface area contributed by atoms with Crippen LogP contribution in [0.15, 0.2) is 23.1 Å². The summed E-state index contributed by atoms with van der Waals surface area (Å²) in [5.41, 5.74) is -0.378. The molecule has 0 aliphatic heterocycles. The number of nitrogens with one attached hydrogen (secondary N) is 2. The second-order valence-corrected chi connectivity index (χ2v) is 4.17. The van der Waals surface area contributed by atoms with E-state index in [9.17, 15) is 9.59 Å².